The number of aromatic amines is 1. The van der Waals surface area contributed by atoms with Crippen LogP contribution in [0.3, 0.4) is 0 Å². The molecule has 9 nitrogen and oxygen atoms in total. The Kier molecular flexibility index (Phi) is 6.30. The summed E-state index contributed by atoms with van der Waals surface area (Å²) in [6, 6.07) is 1.13. The molecule has 1 saturated heterocycles. The van der Waals surface area contributed by atoms with Gasteiger partial charge in [0.25, 0.3) is 5.56 Å². The highest BCUT2D eigenvalue weighted by Gasteiger charge is 2.55. The van der Waals surface area contributed by atoms with Gasteiger partial charge in [-0.2, -0.15) is 0 Å². The van der Waals surface area contributed by atoms with Crippen LogP contribution in [0.25, 0.3) is 0 Å². The van der Waals surface area contributed by atoms with Crippen molar-refractivity contribution in [1.29, 1.82) is 0 Å². The van der Waals surface area contributed by atoms with Gasteiger partial charge < -0.3 is 25.8 Å². The molecule has 1 aromatic rings. The number of ether oxygens (including phenoxy) is 1. The van der Waals surface area contributed by atoms with Gasteiger partial charge in [0.2, 0.25) is 0 Å². The third kappa shape index (κ3) is 3.76. The second-order valence-electron chi connectivity index (χ2n) is 6.12. The molecule has 4 atom stereocenters. The van der Waals surface area contributed by atoms with E-state index >= 15 is 0 Å². The summed E-state index contributed by atoms with van der Waals surface area (Å²) < 4.78 is 6.52. The lowest BCUT2D eigenvalue weighted by molar-refractivity contribution is -0.116. The van der Waals surface area contributed by atoms with E-state index in [1.807, 2.05) is 0 Å². The van der Waals surface area contributed by atoms with E-state index in [2.05, 4.69) is 4.98 Å². The van der Waals surface area contributed by atoms with Crippen molar-refractivity contribution >= 4 is 0 Å². The van der Waals surface area contributed by atoms with E-state index in [1.54, 1.807) is 0 Å². The van der Waals surface area contributed by atoms with Crippen molar-refractivity contribution in [2.24, 2.45) is 5.73 Å². The van der Waals surface area contributed by atoms with Gasteiger partial charge in [-0.1, -0.05) is 19.3 Å². The molecule has 1 aromatic heterocycles. The molecule has 2 rings (SSSR count). The van der Waals surface area contributed by atoms with Gasteiger partial charge in [0.05, 0.1) is 6.61 Å². The van der Waals surface area contributed by atoms with Crippen LogP contribution in [0.5, 0.6) is 0 Å². The summed E-state index contributed by atoms with van der Waals surface area (Å²) in [4.78, 5) is 25.3. The van der Waals surface area contributed by atoms with Crippen LogP contribution in [0.2, 0.25) is 0 Å². The molecule has 0 aliphatic carbocycles. The predicted octanol–water partition coefficient (Wildman–Crippen LogP) is -1.57. The van der Waals surface area contributed by atoms with Crippen LogP contribution in [0.4, 0.5) is 0 Å². The molecule has 0 unspecified atom stereocenters. The number of nitrogens with one attached hydrogen (secondary N) is 1. The monoisotopic (exact) mass is 343 g/mol. The molecule has 2 heterocycles. The van der Waals surface area contributed by atoms with Crippen molar-refractivity contribution in [3.8, 4) is 0 Å². The summed E-state index contributed by atoms with van der Waals surface area (Å²) in [5.74, 6) is 0. The molecule has 24 heavy (non-hydrogen) atoms. The number of rotatable bonds is 8. The van der Waals surface area contributed by atoms with E-state index in [-0.39, 0.29) is 6.42 Å². The Bertz CT molecular complexity index is 645. The van der Waals surface area contributed by atoms with Crippen LogP contribution in [0.1, 0.15) is 38.3 Å². The molecule has 0 spiro atoms. The van der Waals surface area contributed by atoms with Crippen molar-refractivity contribution in [2.75, 3.05) is 13.2 Å². The molecule has 136 valence electrons. The van der Waals surface area contributed by atoms with Gasteiger partial charge in [-0.05, 0) is 19.4 Å². The van der Waals surface area contributed by atoms with Crippen LogP contribution < -0.4 is 17.0 Å². The Labute approximate surface area is 138 Å². The Morgan fingerprint density at radius 2 is 2.00 bits per heavy atom. The van der Waals surface area contributed by atoms with Crippen molar-refractivity contribution < 1.29 is 20.1 Å². The average molecular weight is 343 g/mol. The van der Waals surface area contributed by atoms with E-state index in [9.17, 15) is 24.9 Å². The van der Waals surface area contributed by atoms with Gasteiger partial charge in [-0.3, -0.25) is 14.3 Å². The molecule has 1 fully saturated rings. The predicted molar refractivity (Wildman–Crippen MR) is 85.4 cm³/mol. The lowest BCUT2D eigenvalue weighted by Crippen LogP contribution is -2.49. The number of unbranched alkanes of at least 4 members (excludes halogenated alkanes) is 3. The third-order valence-electron chi connectivity index (χ3n) is 4.41. The summed E-state index contributed by atoms with van der Waals surface area (Å²) >= 11 is 0. The van der Waals surface area contributed by atoms with E-state index in [1.165, 1.54) is 6.20 Å². The number of H-pyrrole nitrogens is 1. The van der Waals surface area contributed by atoms with E-state index in [0.717, 1.165) is 29.9 Å². The summed E-state index contributed by atoms with van der Waals surface area (Å²) in [7, 11) is 0. The molecular formula is C15H25N3O6. The first-order chi connectivity index (χ1) is 11.4. The van der Waals surface area contributed by atoms with Gasteiger partial charge in [0, 0.05) is 12.3 Å². The minimum atomic E-state index is -1.74. The first-order valence-corrected chi connectivity index (χ1v) is 8.12. The molecule has 1 aliphatic heterocycles. The van der Waals surface area contributed by atoms with Gasteiger partial charge in [-0.15, -0.1) is 0 Å². The van der Waals surface area contributed by atoms with Crippen LogP contribution >= 0.6 is 0 Å². The number of nitrogens with zero attached hydrogens (tertiary/aromatic N) is 1. The van der Waals surface area contributed by atoms with Gasteiger partial charge >= 0.3 is 5.69 Å². The number of aromatic nitrogens is 2. The van der Waals surface area contributed by atoms with Crippen LogP contribution in [-0.4, -0.2) is 55.8 Å². The minimum absolute atomic E-state index is 0.186. The normalized spacial score (nSPS) is 29.9. The summed E-state index contributed by atoms with van der Waals surface area (Å²) in [5, 5.41) is 30.6. The van der Waals surface area contributed by atoms with Crippen molar-refractivity contribution in [1.82, 2.24) is 9.55 Å². The highest BCUT2D eigenvalue weighted by atomic mass is 16.6. The number of nitrogens with two attached hydrogens (primary N) is 1. The van der Waals surface area contributed by atoms with Gasteiger partial charge in [0.15, 0.2) is 6.23 Å². The van der Waals surface area contributed by atoms with Crippen LogP contribution in [-0.2, 0) is 4.74 Å². The summed E-state index contributed by atoms with van der Waals surface area (Å²) in [6.45, 7) is 0.100. The summed E-state index contributed by atoms with van der Waals surface area (Å²) in [6.07, 6.45) is 1.03. The Balaban J connectivity index is 2.22. The van der Waals surface area contributed by atoms with Gasteiger partial charge in [0.1, 0.15) is 17.8 Å². The smallest absolute Gasteiger partial charge is 0.330 e. The number of hydrogen-bond donors (Lipinski definition) is 5. The summed E-state index contributed by atoms with van der Waals surface area (Å²) in [5.41, 5.74) is 2.38. The molecular weight excluding hydrogens is 318 g/mol. The maximum Gasteiger partial charge on any atom is 0.330 e. The lowest BCUT2D eigenvalue weighted by atomic mass is 9.88. The van der Waals surface area contributed by atoms with Crippen LogP contribution in [0, 0.1) is 0 Å². The molecule has 0 bridgehead atoms. The topological polar surface area (TPSA) is 151 Å². The Morgan fingerprint density at radius 3 is 2.62 bits per heavy atom. The van der Waals surface area contributed by atoms with E-state index in [0.29, 0.717) is 13.0 Å². The maximum atomic E-state index is 12.0. The highest BCUT2D eigenvalue weighted by molar-refractivity contribution is 5.03. The van der Waals surface area contributed by atoms with Crippen molar-refractivity contribution in [2.45, 2.75) is 56.1 Å². The molecule has 9 heteroatoms. The molecule has 6 N–H and O–H groups in total. The van der Waals surface area contributed by atoms with E-state index < -0.39 is 41.9 Å². The quantitative estimate of drug-likeness (QED) is 0.358. The molecule has 1 aliphatic rings. The largest absolute Gasteiger partial charge is 0.394 e. The SMILES string of the molecule is NCCCCCC[C@@]1(O)[C@H](O)[C@@H](CO)O[C@H]1n1ccc(=O)[nH]c1=O. The molecule has 0 aromatic carbocycles. The maximum absolute atomic E-state index is 12.0. The highest BCUT2D eigenvalue weighted by Crippen LogP contribution is 2.41. The first-order valence-electron chi connectivity index (χ1n) is 8.12. The molecule has 0 amide bonds. The minimum Gasteiger partial charge on any atom is -0.394 e. The lowest BCUT2D eigenvalue weighted by Gasteiger charge is -2.31. The number of aliphatic hydroxyl groups excluding tert-OH is 2. The number of aliphatic hydroxyl groups is 3. The third-order valence-corrected chi connectivity index (χ3v) is 4.41. The fourth-order valence-corrected chi connectivity index (χ4v) is 3.06. The number of hydrogen-bond acceptors (Lipinski definition) is 7. The Morgan fingerprint density at radius 1 is 1.29 bits per heavy atom. The fraction of sp³-hybridized carbons (Fsp3) is 0.733. The zero-order chi connectivity index (χ0) is 17.7. The average Bonchev–Trinajstić information content (AvgIpc) is 2.79. The molecule has 0 saturated carbocycles. The molecule has 0 radical (unpaired) electrons. The first kappa shape index (κ1) is 18.8. The standard InChI is InChI=1S/C15H25N3O6/c16-7-4-2-1-3-6-15(23)12(21)10(9-19)24-13(15)18-8-5-11(20)17-14(18)22/h5,8,10,12-13,19,21,23H,1-4,6-7,9,16H2,(H,17,20,22)/t10-,12-,13-,15-/m1/s1. The second-order valence-corrected chi connectivity index (χ2v) is 6.12. The second kappa shape index (κ2) is 8.04. The zero-order valence-electron chi connectivity index (χ0n) is 13.4. The fourth-order valence-electron chi connectivity index (χ4n) is 3.06. The van der Waals surface area contributed by atoms with Crippen molar-refractivity contribution in [3.05, 3.63) is 33.1 Å². The zero-order valence-corrected chi connectivity index (χ0v) is 13.4. The van der Waals surface area contributed by atoms with E-state index in [4.69, 9.17) is 10.5 Å². The van der Waals surface area contributed by atoms with Crippen LogP contribution in [0.15, 0.2) is 21.9 Å². The van der Waals surface area contributed by atoms with Crippen molar-refractivity contribution in [3.63, 3.8) is 0 Å². The van der Waals surface area contributed by atoms with Gasteiger partial charge in [-0.25, -0.2) is 4.79 Å². The Hall–Kier alpha value is -1.52.